The van der Waals surface area contributed by atoms with Crippen molar-refractivity contribution in [2.24, 2.45) is 10.8 Å². The van der Waals surface area contributed by atoms with Crippen molar-refractivity contribution in [1.82, 2.24) is 24.9 Å². The molecule has 4 atom stereocenters. The molecular formula is C79H87N6O17P. The summed E-state index contributed by atoms with van der Waals surface area (Å²) in [4.78, 5) is 96.6. The third-order valence-electron chi connectivity index (χ3n) is 17.6. The van der Waals surface area contributed by atoms with Gasteiger partial charge in [-0.2, -0.15) is 5.26 Å². The lowest BCUT2D eigenvalue weighted by Crippen LogP contribution is -2.39. The lowest BCUT2D eigenvalue weighted by atomic mass is 9.77. The highest BCUT2D eigenvalue weighted by Gasteiger charge is 2.54. The zero-order chi connectivity index (χ0) is 74.0. The number of methoxy groups -OCH3 is 2. The van der Waals surface area contributed by atoms with Gasteiger partial charge in [-0.05, 0) is 165 Å². The van der Waals surface area contributed by atoms with E-state index in [1.54, 1.807) is 86.1 Å². The van der Waals surface area contributed by atoms with E-state index in [1.807, 2.05) is 107 Å². The van der Waals surface area contributed by atoms with Crippen LogP contribution in [0.2, 0.25) is 0 Å². The number of esters is 3. The Balaban J connectivity index is 0.799. The first-order chi connectivity index (χ1) is 49.2. The minimum Gasteiger partial charge on any atom is -0.497 e. The predicted molar refractivity (Wildman–Crippen MR) is 384 cm³/mol. The number of rotatable bonds is 27. The number of nitrogens with one attached hydrogen (secondary N) is 3. The number of amides is 2. The first-order valence-corrected chi connectivity index (χ1v) is 35.4. The fourth-order valence-corrected chi connectivity index (χ4v) is 14.1. The number of fused-ring (bicyclic) bond motifs is 6. The number of carbonyl (C=O) groups is 5. The van der Waals surface area contributed by atoms with E-state index < -0.39 is 84.1 Å². The van der Waals surface area contributed by atoms with E-state index in [-0.39, 0.29) is 103 Å². The number of H-pyrrole nitrogens is 1. The summed E-state index contributed by atoms with van der Waals surface area (Å²) >= 11 is 0. The molecule has 10 rings (SSSR count). The molecule has 7 aromatic rings. The van der Waals surface area contributed by atoms with Gasteiger partial charge in [0.2, 0.25) is 5.91 Å². The van der Waals surface area contributed by atoms with Crippen molar-refractivity contribution in [3.63, 3.8) is 0 Å². The molecule has 2 amide bonds. The standard InChI is InChI=1S/C79H87N6O17P/c1-49(2)85(50(3)4)103(96-42-20-39-80)102-66-46-69(100-67(66)48-95-78(53-22-15-13-16-23-53,54-26-30-56(93-11)31-27-54)55-28-32-57(94-12)33-29-55)84-47-52(71(88)83-75(84)92)21-19-41-81-68(86)24-17-14-18-40-82-70(87)51-25-36-60-63(43-51)79(101-72(60)89)61-37-34-58(97-73(90)76(5,6)7)44-64(61)99-65-45-59(35-38-62(65)79)98-74(91)77(8,9)10/h13,15-16,22-23,25-38,43-45,47,49-50,66-67,69H,14,17-18,20,24,40-42,46,48H2,1-12H3,(H,81,86)(H,82,87)(H,83,88,92)/t66-,67+,69+,103?/m0/s1. The number of aromatic amines is 1. The summed E-state index contributed by atoms with van der Waals surface area (Å²) in [7, 11) is 1.37. The second kappa shape index (κ2) is 32.6. The molecular weight excluding hydrogens is 1340 g/mol. The summed E-state index contributed by atoms with van der Waals surface area (Å²) in [6, 6.07) is 41.3. The molecule has 6 aromatic carbocycles. The van der Waals surface area contributed by atoms with E-state index in [1.165, 1.54) is 35.0 Å². The number of nitriles is 1. The van der Waals surface area contributed by atoms with Crippen molar-refractivity contribution in [2.45, 2.75) is 149 Å². The highest BCUT2D eigenvalue weighted by molar-refractivity contribution is 7.44. The number of hydrogen-bond donors (Lipinski definition) is 3. The Kier molecular flexibility index (Phi) is 23.9. The Morgan fingerprint density at radius 3 is 1.86 bits per heavy atom. The van der Waals surface area contributed by atoms with Crippen LogP contribution in [0.3, 0.4) is 0 Å². The van der Waals surface area contributed by atoms with Gasteiger partial charge in [-0.15, -0.1) is 0 Å². The highest BCUT2D eigenvalue weighted by atomic mass is 31.2. The van der Waals surface area contributed by atoms with Crippen LogP contribution in [0.5, 0.6) is 34.5 Å². The molecule has 1 saturated heterocycles. The van der Waals surface area contributed by atoms with Gasteiger partial charge in [0.25, 0.3) is 20.0 Å². The maximum absolute atomic E-state index is 13.9. The quantitative estimate of drug-likeness (QED) is 0.0108. The first kappa shape index (κ1) is 75.7. The monoisotopic (exact) mass is 1420 g/mol. The van der Waals surface area contributed by atoms with Gasteiger partial charge in [-0.3, -0.25) is 33.5 Å². The minimum absolute atomic E-state index is 0.0378. The van der Waals surface area contributed by atoms with Crippen LogP contribution in [-0.4, -0.2) is 109 Å². The molecule has 0 bridgehead atoms. The Morgan fingerprint density at radius 2 is 1.30 bits per heavy atom. The van der Waals surface area contributed by atoms with Gasteiger partial charge in [0.05, 0.1) is 69.0 Å². The molecule has 3 aliphatic heterocycles. The van der Waals surface area contributed by atoms with E-state index in [0.717, 1.165) is 16.7 Å². The average molecular weight is 1420 g/mol. The summed E-state index contributed by atoms with van der Waals surface area (Å²) in [6.07, 6.45) is 0.642. The molecule has 1 unspecified atom stereocenters. The van der Waals surface area contributed by atoms with Crippen LogP contribution in [0, 0.1) is 34.0 Å². The summed E-state index contributed by atoms with van der Waals surface area (Å²) in [6.45, 7) is 18.7. The SMILES string of the molecule is COc1ccc(C(OC[C@H]2O[C@@H](n3cc(C#CCNC(=O)CCCCCNC(=O)c4ccc5c(c4)C4(OC5=O)c5ccc(OC(=O)C(C)(C)C)cc5Oc5cc(OC(=O)C(C)(C)C)ccc54)c(=O)[nH]c3=O)C[C@@H]2OP(OCCC#N)N(C(C)C)C(C)C)(c2ccccc2)c2ccc(OC)cc2)cc1. The molecule has 3 aliphatic rings. The van der Waals surface area contributed by atoms with Gasteiger partial charge in [0.1, 0.15) is 58.0 Å². The molecule has 1 aromatic heterocycles. The van der Waals surface area contributed by atoms with Crippen LogP contribution in [0.25, 0.3) is 0 Å². The molecule has 0 radical (unpaired) electrons. The third-order valence-corrected chi connectivity index (χ3v) is 19.8. The van der Waals surface area contributed by atoms with Crippen LogP contribution in [0.1, 0.15) is 174 Å². The third kappa shape index (κ3) is 17.1. The molecule has 4 heterocycles. The topological polar surface area (TPSA) is 284 Å². The second-order valence-electron chi connectivity index (χ2n) is 27.8. The predicted octanol–water partition coefficient (Wildman–Crippen LogP) is 12.4. The van der Waals surface area contributed by atoms with Crippen LogP contribution in [0.15, 0.2) is 149 Å². The van der Waals surface area contributed by atoms with Gasteiger partial charge in [-0.1, -0.05) is 72.9 Å². The number of unbranched alkanes of at least 4 members (excludes halogenated alkanes) is 2. The zero-order valence-corrected chi connectivity index (χ0v) is 60.9. The lowest BCUT2D eigenvalue weighted by Gasteiger charge is -2.39. The summed E-state index contributed by atoms with van der Waals surface area (Å²) < 4.78 is 66.4. The fraction of sp³-hybridized carbons (Fsp3) is 0.392. The van der Waals surface area contributed by atoms with Gasteiger partial charge < -0.3 is 57.6 Å². The van der Waals surface area contributed by atoms with Crippen molar-refractivity contribution >= 4 is 38.2 Å². The van der Waals surface area contributed by atoms with Crippen LogP contribution < -0.4 is 45.6 Å². The summed E-state index contributed by atoms with van der Waals surface area (Å²) in [5.41, 5.74) is -2.13. The molecule has 1 spiro atoms. The second-order valence-corrected chi connectivity index (χ2v) is 29.2. The lowest BCUT2D eigenvalue weighted by molar-refractivity contribution is -0.143. The van der Waals surface area contributed by atoms with E-state index in [9.17, 15) is 38.8 Å². The molecule has 0 aliphatic carbocycles. The molecule has 23 nitrogen and oxygen atoms in total. The zero-order valence-electron chi connectivity index (χ0n) is 60.0. The number of carbonyl (C=O) groups excluding carboxylic acids is 5. The normalized spacial score (nSPS) is 16.1. The van der Waals surface area contributed by atoms with E-state index in [0.29, 0.717) is 47.5 Å². The summed E-state index contributed by atoms with van der Waals surface area (Å²) in [5.74, 6) is 5.37. The average Bonchev–Trinajstić information content (AvgIpc) is 1.57. The molecule has 103 heavy (non-hydrogen) atoms. The Labute approximate surface area is 600 Å². The minimum atomic E-state index is -1.83. The number of nitrogens with zero attached hydrogens (tertiary/aromatic N) is 3. The van der Waals surface area contributed by atoms with Crippen LogP contribution in [-0.2, 0) is 48.8 Å². The maximum atomic E-state index is 13.9. The molecule has 0 saturated carbocycles. The molecule has 1 fully saturated rings. The van der Waals surface area contributed by atoms with E-state index >= 15 is 0 Å². The first-order valence-electron chi connectivity index (χ1n) is 34.3. The molecule has 3 N–H and O–H groups in total. The number of hydrogen-bond acceptors (Lipinski definition) is 19. The Bertz CT molecular complexity index is 4350. The van der Waals surface area contributed by atoms with Gasteiger partial charge in [0, 0.05) is 72.1 Å². The van der Waals surface area contributed by atoms with Crippen LogP contribution >= 0.6 is 8.53 Å². The van der Waals surface area contributed by atoms with Crippen molar-refractivity contribution < 1.29 is 70.9 Å². The largest absolute Gasteiger partial charge is 0.497 e. The maximum Gasteiger partial charge on any atom is 0.340 e. The van der Waals surface area contributed by atoms with Crippen molar-refractivity contribution in [2.75, 3.05) is 40.5 Å². The highest BCUT2D eigenvalue weighted by Crippen LogP contribution is 2.58. The van der Waals surface area contributed by atoms with Crippen molar-refractivity contribution in [3.05, 3.63) is 211 Å². The number of ether oxygens (including phenoxy) is 8. The summed E-state index contributed by atoms with van der Waals surface area (Å²) in [5, 5.41) is 15.3. The van der Waals surface area contributed by atoms with E-state index in [4.69, 9.17) is 46.9 Å². The molecule has 540 valence electrons. The number of benzene rings is 6. The number of aromatic nitrogens is 2. The van der Waals surface area contributed by atoms with Gasteiger partial charge >= 0.3 is 23.6 Å². The Morgan fingerprint density at radius 1 is 0.718 bits per heavy atom. The smallest absolute Gasteiger partial charge is 0.340 e. The van der Waals surface area contributed by atoms with Gasteiger partial charge in [-0.25, -0.2) is 14.3 Å². The molecule has 24 heteroatoms. The van der Waals surface area contributed by atoms with Crippen molar-refractivity contribution in [1.29, 1.82) is 5.26 Å². The van der Waals surface area contributed by atoms with Crippen molar-refractivity contribution in [3.8, 4) is 52.4 Å². The Hall–Kier alpha value is -9.97. The van der Waals surface area contributed by atoms with Gasteiger partial charge in [0.15, 0.2) is 5.60 Å². The van der Waals surface area contributed by atoms with E-state index in [2.05, 4.69) is 38.2 Å². The fourth-order valence-electron chi connectivity index (χ4n) is 12.3. The van der Waals surface area contributed by atoms with Crippen LogP contribution in [0.4, 0.5) is 0 Å².